The largest absolute Gasteiger partial charge is 0.481 e. The molecule has 2 rings (SSSR count). The van der Waals surface area contributed by atoms with E-state index < -0.39 is 5.97 Å². The van der Waals surface area contributed by atoms with Gasteiger partial charge < -0.3 is 14.6 Å². The van der Waals surface area contributed by atoms with Crippen molar-refractivity contribution in [2.75, 3.05) is 0 Å². The number of benzene rings is 1. The molecule has 0 aromatic heterocycles. The van der Waals surface area contributed by atoms with Gasteiger partial charge in [-0.25, -0.2) is 0 Å². The first-order valence-corrected chi connectivity index (χ1v) is 8.20. The molecule has 23 heavy (non-hydrogen) atoms. The lowest BCUT2D eigenvalue weighted by atomic mass is 9.94. The van der Waals surface area contributed by atoms with Crippen LogP contribution in [0.15, 0.2) is 30.3 Å². The zero-order valence-corrected chi connectivity index (χ0v) is 13.3. The molecule has 1 aromatic carbocycles. The van der Waals surface area contributed by atoms with Crippen molar-refractivity contribution in [3.8, 4) is 0 Å². The van der Waals surface area contributed by atoms with Crippen LogP contribution in [-0.2, 0) is 25.7 Å². The first kappa shape index (κ1) is 17.5. The Morgan fingerprint density at radius 1 is 1.09 bits per heavy atom. The summed E-state index contributed by atoms with van der Waals surface area (Å²) in [6.07, 6.45) is 4.04. The Balaban J connectivity index is 1.68. The standard InChI is InChI=1S/C18H24O5/c19-17(20)10-5-11-18(21)23-16-9-4-8-15(12-16)22-13-14-6-2-1-3-7-14/h1-3,6-7,15-16H,4-5,8-13H2,(H,19,20). The fraction of sp³-hybridized carbons (Fsp3) is 0.556. The summed E-state index contributed by atoms with van der Waals surface area (Å²) in [5.74, 6) is -1.19. The number of carbonyl (C=O) groups is 2. The highest BCUT2D eigenvalue weighted by molar-refractivity contribution is 5.71. The van der Waals surface area contributed by atoms with Crippen LogP contribution in [-0.4, -0.2) is 29.3 Å². The molecule has 1 aliphatic carbocycles. The van der Waals surface area contributed by atoms with Gasteiger partial charge in [-0.15, -0.1) is 0 Å². The molecule has 0 saturated heterocycles. The average molecular weight is 320 g/mol. The maximum Gasteiger partial charge on any atom is 0.306 e. The maximum absolute atomic E-state index is 11.7. The van der Waals surface area contributed by atoms with Crippen molar-refractivity contribution in [3.63, 3.8) is 0 Å². The van der Waals surface area contributed by atoms with Crippen LogP contribution in [0.2, 0.25) is 0 Å². The van der Waals surface area contributed by atoms with Gasteiger partial charge in [-0.05, 0) is 31.2 Å². The predicted octanol–water partition coefficient (Wildman–Crippen LogP) is 3.31. The molecule has 5 nitrogen and oxygen atoms in total. The van der Waals surface area contributed by atoms with Crippen molar-refractivity contribution in [2.24, 2.45) is 0 Å². The number of carboxylic acid groups (broad SMARTS) is 1. The van der Waals surface area contributed by atoms with E-state index in [0.29, 0.717) is 13.0 Å². The molecular weight excluding hydrogens is 296 g/mol. The Bertz CT molecular complexity index is 499. The molecule has 0 heterocycles. The molecule has 126 valence electrons. The van der Waals surface area contributed by atoms with E-state index in [0.717, 1.165) is 31.2 Å². The molecule has 5 heteroatoms. The molecule has 0 spiro atoms. The van der Waals surface area contributed by atoms with Gasteiger partial charge in [0.15, 0.2) is 0 Å². The monoisotopic (exact) mass is 320 g/mol. The molecule has 0 amide bonds. The zero-order valence-electron chi connectivity index (χ0n) is 13.3. The Labute approximate surface area is 136 Å². The molecule has 1 saturated carbocycles. The highest BCUT2D eigenvalue weighted by Gasteiger charge is 2.25. The van der Waals surface area contributed by atoms with Gasteiger partial charge in [-0.3, -0.25) is 9.59 Å². The van der Waals surface area contributed by atoms with E-state index in [4.69, 9.17) is 14.6 Å². The summed E-state index contributed by atoms with van der Waals surface area (Å²) in [6.45, 7) is 0.574. The van der Waals surface area contributed by atoms with E-state index in [-0.39, 0.29) is 31.0 Å². The van der Waals surface area contributed by atoms with Crippen molar-refractivity contribution < 1.29 is 24.2 Å². The van der Waals surface area contributed by atoms with E-state index in [1.807, 2.05) is 30.3 Å². The minimum atomic E-state index is -0.884. The first-order valence-electron chi connectivity index (χ1n) is 8.20. The number of hydrogen-bond acceptors (Lipinski definition) is 4. The molecule has 1 aliphatic rings. The predicted molar refractivity (Wildman–Crippen MR) is 84.9 cm³/mol. The zero-order chi connectivity index (χ0) is 16.5. The van der Waals surface area contributed by atoms with Crippen LogP contribution in [0, 0.1) is 0 Å². The van der Waals surface area contributed by atoms with Gasteiger partial charge in [0.2, 0.25) is 0 Å². The van der Waals surface area contributed by atoms with Crippen LogP contribution in [0.1, 0.15) is 50.5 Å². The van der Waals surface area contributed by atoms with E-state index in [1.54, 1.807) is 0 Å². The summed E-state index contributed by atoms with van der Waals surface area (Å²) in [6, 6.07) is 10.0. The average Bonchev–Trinajstić information content (AvgIpc) is 2.54. The van der Waals surface area contributed by atoms with Gasteiger partial charge in [0.1, 0.15) is 6.10 Å². The van der Waals surface area contributed by atoms with Crippen molar-refractivity contribution in [3.05, 3.63) is 35.9 Å². The second-order valence-corrected chi connectivity index (χ2v) is 5.94. The fourth-order valence-electron chi connectivity index (χ4n) is 2.78. The van der Waals surface area contributed by atoms with Crippen LogP contribution in [0.25, 0.3) is 0 Å². The van der Waals surface area contributed by atoms with Gasteiger partial charge in [0.25, 0.3) is 0 Å². The number of aliphatic carboxylic acids is 1. The van der Waals surface area contributed by atoms with Crippen molar-refractivity contribution >= 4 is 11.9 Å². The number of hydrogen-bond donors (Lipinski definition) is 1. The molecule has 0 bridgehead atoms. The third-order valence-corrected chi connectivity index (χ3v) is 3.98. The van der Waals surface area contributed by atoms with Crippen LogP contribution in [0.4, 0.5) is 0 Å². The van der Waals surface area contributed by atoms with Gasteiger partial charge in [0.05, 0.1) is 12.7 Å². The number of carbonyl (C=O) groups excluding carboxylic acids is 1. The first-order chi connectivity index (χ1) is 11.1. The number of rotatable bonds is 8. The second-order valence-electron chi connectivity index (χ2n) is 5.94. The van der Waals surface area contributed by atoms with Gasteiger partial charge >= 0.3 is 11.9 Å². The molecule has 1 N–H and O–H groups in total. The SMILES string of the molecule is O=C(O)CCCC(=O)OC1CCCC(OCc2ccccc2)C1. The number of esters is 1. The van der Waals surface area contributed by atoms with Crippen LogP contribution < -0.4 is 0 Å². The molecule has 1 fully saturated rings. The summed E-state index contributed by atoms with van der Waals surface area (Å²) < 4.78 is 11.4. The topological polar surface area (TPSA) is 72.8 Å². The molecule has 0 aliphatic heterocycles. The number of carboxylic acids is 1. The molecule has 2 unspecified atom stereocenters. The highest BCUT2D eigenvalue weighted by atomic mass is 16.5. The Kier molecular flexibility index (Phi) is 7.07. The Hall–Kier alpha value is -1.88. The van der Waals surface area contributed by atoms with Gasteiger partial charge in [-0.2, -0.15) is 0 Å². The van der Waals surface area contributed by atoms with Gasteiger partial charge in [0, 0.05) is 19.3 Å². The van der Waals surface area contributed by atoms with E-state index in [1.165, 1.54) is 0 Å². The summed E-state index contributed by atoms with van der Waals surface area (Å²) >= 11 is 0. The third-order valence-electron chi connectivity index (χ3n) is 3.98. The minimum Gasteiger partial charge on any atom is -0.481 e. The normalized spacial score (nSPS) is 20.9. The molecular formula is C18H24O5. The minimum absolute atomic E-state index is 0.00256. The lowest BCUT2D eigenvalue weighted by Crippen LogP contribution is -2.30. The lowest BCUT2D eigenvalue weighted by molar-refractivity contribution is -0.153. The van der Waals surface area contributed by atoms with Crippen molar-refractivity contribution in [2.45, 2.75) is 63.8 Å². The van der Waals surface area contributed by atoms with E-state index >= 15 is 0 Å². The van der Waals surface area contributed by atoms with Crippen molar-refractivity contribution in [1.29, 1.82) is 0 Å². The summed E-state index contributed by atoms with van der Waals surface area (Å²) in [5.41, 5.74) is 1.14. The Morgan fingerprint density at radius 3 is 2.57 bits per heavy atom. The van der Waals surface area contributed by atoms with Gasteiger partial charge in [-0.1, -0.05) is 30.3 Å². The van der Waals surface area contributed by atoms with Crippen LogP contribution in [0.3, 0.4) is 0 Å². The second kappa shape index (κ2) is 9.30. The van der Waals surface area contributed by atoms with E-state index in [9.17, 15) is 9.59 Å². The number of ether oxygens (including phenoxy) is 2. The smallest absolute Gasteiger partial charge is 0.306 e. The third kappa shape index (κ3) is 6.82. The van der Waals surface area contributed by atoms with Crippen LogP contribution in [0.5, 0.6) is 0 Å². The molecule has 2 atom stereocenters. The van der Waals surface area contributed by atoms with Crippen LogP contribution >= 0.6 is 0 Å². The molecule has 1 aromatic rings. The maximum atomic E-state index is 11.7. The highest BCUT2D eigenvalue weighted by Crippen LogP contribution is 2.25. The van der Waals surface area contributed by atoms with E-state index in [2.05, 4.69) is 0 Å². The fourth-order valence-corrected chi connectivity index (χ4v) is 2.78. The Morgan fingerprint density at radius 2 is 1.83 bits per heavy atom. The van der Waals surface area contributed by atoms with Crippen molar-refractivity contribution in [1.82, 2.24) is 0 Å². The summed E-state index contributed by atoms with van der Waals surface area (Å²) in [7, 11) is 0. The summed E-state index contributed by atoms with van der Waals surface area (Å²) in [5, 5.41) is 8.57. The molecule has 0 radical (unpaired) electrons. The quantitative estimate of drug-likeness (QED) is 0.744. The summed E-state index contributed by atoms with van der Waals surface area (Å²) in [4.78, 5) is 22.2. The lowest BCUT2D eigenvalue weighted by Gasteiger charge is -2.29.